The van der Waals surface area contributed by atoms with E-state index in [1.54, 1.807) is 18.3 Å². The summed E-state index contributed by atoms with van der Waals surface area (Å²) in [4.78, 5) is 3.96. The second-order valence-electron chi connectivity index (χ2n) is 3.67. The van der Waals surface area contributed by atoms with E-state index in [0.29, 0.717) is 10.2 Å². The molecule has 2 heterocycles. The van der Waals surface area contributed by atoms with Crippen LogP contribution in [-0.2, 0) is 4.74 Å². The van der Waals surface area contributed by atoms with Crippen molar-refractivity contribution in [3.05, 3.63) is 28.5 Å². The first-order valence-electron chi connectivity index (χ1n) is 4.87. The van der Waals surface area contributed by atoms with Gasteiger partial charge in [-0.1, -0.05) is 0 Å². The Morgan fingerprint density at radius 2 is 2.12 bits per heavy atom. The van der Waals surface area contributed by atoms with Crippen LogP contribution in [0.4, 0.5) is 0 Å². The summed E-state index contributed by atoms with van der Waals surface area (Å²) in [6.45, 7) is -0.318. The molecule has 3 N–H and O–H groups in total. The fourth-order valence-corrected chi connectivity index (χ4v) is 2.15. The molecule has 0 aliphatic carbocycles. The molecule has 0 amide bonds. The fourth-order valence-electron chi connectivity index (χ4n) is 1.77. The predicted octanol–water partition coefficient (Wildman–Crippen LogP) is -0.00190. The maximum Gasteiger partial charge on any atom is 0.113 e. The minimum atomic E-state index is -1.07. The maximum absolute atomic E-state index is 9.78. The standard InChI is InChI=1S/C10H12BrNO4/c11-7-3-5(1-2-12-7)10-9(15)8(14)6(4-13)16-10/h1-3,6,8-10,13-15H,4H2/t6-,8-,9-,10+/m1/s1. The summed E-state index contributed by atoms with van der Waals surface area (Å²) in [7, 11) is 0. The molecule has 0 radical (unpaired) electrons. The van der Waals surface area contributed by atoms with E-state index in [1.807, 2.05) is 0 Å². The van der Waals surface area contributed by atoms with Crippen molar-refractivity contribution < 1.29 is 20.1 Å². The molecule has 0 spiro atoms. The van der Waals surface area contributed by atoms with Gasteiger partial charge in [-0.05, 0) is 33.6 Å². The van der Waals surface area contributed by atoms with Gasteiger partial charge in [0.05, 0.1) is 6.61 Å². The third-order valence-electron chi connectivity index (χ3n) is 2.62. The van der Waals surface area contributed by atoms with E-state index in [0.717, 1.165) is 0 Å². The monoisotopic (exact) mass is 289 g/mol. The molecule has 1 fully saturated rings. The second-order valence-corrected chi connectivity index (χ2v) is 4.48. The van der Waals surface area contributed by atoms with E-state index in [1.165, 1.54) is 0 Å². The minimum Gasteiger partial charge on any atom is -0.394 e. The van der Waals surface area contributed by atoms with Gasteiger partial charge in [0.1, 0.15) is 29.0 Å². The van der Waals surface area contributed by atoms with Crippen LogP contribution in [0.15, 0.2) is 22.9 Å². The van der Waals surface area contributed by atoms with Crippen LogP contribution in [0.1, 0.15) is 11.7 Å². The summed E-state index contributed by atoms with van der Waals surface area (Å²) in [5.41, 5.74) is 0.712. The first-order valence-corrected chi connectivity index (χ1v) is 5.66. The molecule has 0 bridgehead atoms. The van der Waals surface area contributed by atoms with E-state index < -0.39 is 24.4 Å². The van der Waals surface area contributed by atoms with Crippen molar-refractivity contribution in [2.45, 2.75) is 24.4 Å². The molecular weight excluding hydrogens is 278 g/mol. The van der Waals surface area contributed by atoms with Gasteiger partial charge >= 0.3 is 0 Å². The van der Waals surface area contributed by atoms with E-state index >= 15 is 0 Å². The lowest BCUT2D eigenvalue weighted by Crippen LogP contribution is -2.32. The average Bonchev–Trinajstić information content (AvgIpc) is 2.56. The molecule has 1 aliphatic heterocycles. The molecule has 0 unspecified atom stereocenters. The van der Waals surface area contributed by atoms with E-state index in [9.17, 15) is 10.2 Å². The molecule has 1 saturated heterocycles. The van der Waals surface area contributed by atoms with Crippen molar-refractivity contribution in [1.29, 1.82) is 0 Å². The van der Waals surface area contributed by atoms with Gasteiger partial charge in [-0.25, -0.2) is 4.98 Å². The smallest absolute Gasteiger partial charge is 0.113 e. The van der Waals surface area contributed by atoms with Gasteiger partial charge in [0.25, 0.3) is 0 Å². The van der Waals surface area contributed by atoms with Crippen molar-refractivity contribution in [3.8, 4) is 0 Å². The lowest BCUT2D eigenvalue weighted by Gasteiger charge is -2.14. The second kappa shape index (κ2) is 4.77. The molecule has 4 atom stereocenters. The van der Waals surface area contributed by atoms with Crippen LogP contribution in [0.3, 0.4) is 0 Å². The summed E-state index contributed by atoms with van der Waals surface area (Å²) in [6.07, 6.45) is -1.90. The largest absolute Gasteiger partial charge is 0.394 e. The Kier molecular flexibility index (Phi) is 3.56. The van der Waals surface area contributed by atoms with Crippen molar-refractivity contribution >= 4 is 15.9 Å². The van der Waals surface area contributed by atoms with Crippen molar-refractivity contribution in [2.75, 3.05) is 6.61 Å². The summed E-state index contributed by atoms with van der Waals surface area (Å²) in [5.74, 6) is 0. The summed E-state index contributed by atoms with van der Waals surface area (Å²) >= 11 is 3.22. The van der Waals surface area contributed by atoms with Gasteiger partial charge in [-0.2, -0.15) is 0 Å². The van der Waals surface area contributed by atoms with E-state index in [2.05, 4.69) is 20.9 Å². The first-order chi connectivity index (χ1) is 7.63. The minimum absolute atomic E-state index is 0.318. The Balaban J connectivity index is 2.23. The molecule has 1 aliphatic rings. The lowest BCUT2D eigenvalue weighted by molar-refractivity contribution is -0.0228. The lowest BCUT2D eigenvalue weighted by atomic mass is 10.0. The molecule has 1 aromatic rings. The van der Waals surface area contributed by atoms with Gasteiger partial charge < -0.3 is 20.1 Å². The van der Waals surface area contributed by atoms with Gasteiger partial charge in [-0.15, -0.1) is 0 Å². The number of ether oxygens (including phenoxy) is 1. The van der Waals surface area contributed by atoms with Crippen LogP contribution >= 0.6 is 15.9 Å². The number of rotatable bonds is 2. The topological polar surface area (TPSA) is 82.8 Å². The summed E-state index contributed by atoms with van der Waals surface area (Å²) in [6, 6.07) is 3.41. The normalized spacial score (nSPS) is 34.2. The Morgan fingerprint density at radius 1 is 1.38 bits per heavy atom. The van der Waals surface area contributed by atoms with Gasteiger partial charge in [0, 0.05) is 6.20 Å². The Labute approximate surface area is 101 Å². The Bertz CT molecular complexity index is 376. The predicted molar refractivity (Wildman–Crippen MR) is 58.7 cm³/mol. The molecule has 16 heavy (non-hydrogen) atoms. The molecule has 1 aromatic heterocycles. The molecule has 6 heteroatoms. The van der Waals surface area contributed by atoms with E-state index in [4.69, 9.17) is 9.84 Å². The van der Waals surface area contributed by atoms with Crippen LogP contribution in [0.2, 0.25) is 0 Å². The summed E-state index contributed by atoms with van der Waals surface area (Å²) in [5, 5.41) is 28.3. The highest BCUT2D eigenvalue weighted by molar-refractivity contribution is 9.10. The molecule has 5 nitrogen and oxygen atoms in total. The molecule has 2 rings (SSSR count). The number of aromatic nitrogens is 1. The van der Waals surface area contributed by atoms with E-state index in [-0.39, 0.29) is 6.61 Å². The number of hydrogen-bond acceptors (Lipinski definition) is 5. The van der Waals surface area contributed by atoms with Crippen molar-refractivity contribution in [2.24, 2.45) is 0 Å². The van der Waals surface area contributed by atoms with Crippen molar-refractivity contribution in [1.82, 2.24) is 4.98 Å². The molecular formula is C10H12BrNO4. The van der Waals surface area contributed by atoms with Gasteiger partial charge in [-0.3, -0.25) is 0 Å². The Hall–Kier alpha value is -0.530. The average molecular weight is 290 g/mol. The highest BCUT2D eigenvalue weighted by Gasteiger charge is 2.42. The number of aliphatic hydroxyl groups is 3. The maximum atomic E-state index is 9.78. The van der Waals surface area contributed by atoms with Crippen LogP contribution in [0, 0.1) is 0 Å². The Morgan fingerprint density at radius 3 is 2.69 bits per heavy atom. The quantitative estimate of drug-likeness (QED) is 0.668. The van der Waals surface area contributed by atoms with Gasteiger partial charge in [0.15, 0.2) is 0 Å². The zero-order valence-corrected chi connectivity index (χ0v) is 9.91. The number of pyridine rings is 1. The summed E-state index contributed by atoms with van der Waals surface area (Å²) < 4.78 is 6.01. The number of aliphatic hydroxyl groups excluding tert-OH is 3. The third-order valence-corrected chi connectivity index (χ3v) is 3.06. The van der Waals surface area contributed by atoms with Crippen molar-refractivity contribution in [3.63, 3.8) is 0 Å². The zero-order chi connectivity index (χ0) is 11.7. The molecule has 0 saturated carbocycles. The SMILES string of the molecule is OC[C@H]1O[C@@H](c2ccnc(Br)c2)[C@H](O)[C@@H]1O. The molecule has 0 aromatic carbocycles. The number of nitrogens with zero attached hydrogens (tertiary/aromatic N) is 1. The van der Waals surface area contributed by atoms with Crippen LogP contribution in [0.25, 0.3) is 0 Å². The highest BCUT2D eigenvalue weighted by Crippen LogP contribution is 2.33. The van der Waals surface area contributed by atoms with Crippen LogP contribution in [-0.4, -0.2) is 45.2 Å². The highest BCUT2D eigenvalue weighted by atomic mass is 79.9. The third kappa shape index (κ3) is 2.11. The number of halogens is 1. The van der Waals surface area contributed by atoms with Gasteiger partial charge in [0.2, 0.25) is 0 Å². The van der Waals surface area contributed by atoms with Crippen LogP contribution < -0.4 is 0 Å². The van der Waals surface area contributed by atoms with Crippen LogP contribution in [0.5, 0.6) is 0 Å². The fraction of sp³-hybridized carbons (Fsp3) is 0.500. The molecule has 88 valence electrons. The first kappa shape index (κ1) is 11.9. The number of hydrogen-bond donors (Lipinski definition) is 3. The zero-order valence-electron chi connectivity index (χ0n) is 8.32.